The van der Waals surface area contributed by atoms with E-state index in [-0.39, 0.29) is 28.1 Å². The van der Waals surface area contributed by atoms with Gasteiger partial charge >= 0.3 is 16.5 Å². The molecule has 6 rings (SSSR count). The molecular weight excluding hydrogens is 583 g/mol. The Labute approximate surface area is 261 Å². The minimum absolute atomic E-state index is 0. The summed E-state index contributed by atoms with van der Waals surface area (Å²) >= 11 is 0. The Morgan fingerprint density at radius 3 is 1.26 bits per heavy atom. The summed E-state index contributed by atoms with van der Waals surface area (Å²) in [5, 5.41) is 0. The van der Waals surface area contributed by atoms with E-state index in [1.807, 2.05) is 111 Å². The van der Waals surface area contributed by atoms with E-state index in [1.165, 1.54) is 12.2 Å². The van der Waals surface area contributed by atoms with Crippen LogP contribution in [0.1, 0.15) is 32.1 Å². The molecule has 0 aliphatic heterocycles. The number of fused-ring (bicyclic) bond motifs is 2. The van der Waals surface area contributed by atoms with Crippen molar-refractivity contribution in [3.8, 4) is 0 Å². The fourth-order valence-electron chi connectivity index (χ4n) is 4.39. The molecule has 0 bridgehead atoms. The number of ketones is 2. The van der Waals surface area contributed by atoms with Gasteiger partial charge in [-0.15, -0.1) is 0 Å². The standard InChI is InChI=1S/2C17H15N3O.Ni/c2*1-20(2)13-7-5-12(6-8-13)19-15-9-10-16(21)17-14(15)4-3-11-18-17;/h2*3-11H,1-2H3;/q;;+2. The maximum Gasteiger partial charge on any atom is 2.00 e. The van der Waals surface area contributed by atoms with Gasteiger partial charge in [0.1, 0.15) is 11.4 Å². The summed E-state index contributed by atoms with van der Waals surface area (Å²) in [5.74, 6) is -0.153. The van der Waals surface area contributed by atoms with E-state index in [2.05, 4.69) is 20.0 Å². The number of pyridine rings is 2. The molecule has 4 aromatic rings. The molecule has 0 spiro atoms. The molecule has 8 nitrogen and oxygen atoms in total. The van der Waals surface area contributed by atoms with Crippen LogP contribution in [-0.4, -0.2) is 61.1 Å². The van der Waals surface area contributed by atoms with Gasteiger partial charge in [-0.3, -0.25) is 19.6 Å². The van der Waals surface area contributed by atoms with Crippen LogP contribution < -0.4 is 9.80 Å². The Morgan fingerprint density at radius 2 is 0.907 bits per heavy atom. The molecule has 0 radical (unpaired) electrons. The summed E-state index contributed by atoms with van der Waals surface area (Å²) < 4.78 is 0. The summed E-state index contributed by atoms with van der Waals surface area (Å²) in [6.45, 7) is 0. The van der Waals surface area contributed by atoms with E-state index in [0.717, 1.165) is 45.3 Å². The van der Waals surface area contributed by atoms with Crippen LogP contribution in [0.15, 0.2) is 119 Å². The van der Waals surface area contributed by atoms with E-state index >= 15 is 0 Å². The molecular formula is C34H30N6NiO2+2. The maximum absolute atomic E-state index is 11.8. The number of allylic oxidation sites excluding steroid dienone is 4. The molecule has 0 unspecified atom stereocenters. The fraction of sp³-hybridized carbons (Fsp3) is 0.118. The second kappa shape index (κ2) is 13.8. The van der Waals surface area contributed by atoms with E-state index in [0.29, 0.717) is 11.4 Å². The summed E-state index contributed by atoms with van der Waals surface area (Å²) in [4.78, 5) is 45.2. The number of aromatic nitrogens is 2. The Hall–Kier alpha value is -5.01. The first-order valence-electron chi connectivity index (χ1n) is 13.4. The number of rotatable bonds is 4. The number of carbonyl (C=O) groups is 2. The van der Waals surface area contributed by atoms with E-state index in [1.54, 1.807) is 24.5 Å². The second-order valence-electron chi connectivity index (χ2n) is 10.0. The van der Waals surface area contributed by atoms with Gasteiger partial charge in [0, 0.05) is 63.1 Å². The van der Waals surface area contributed by atoms with Crippen molar-refractivity contribution >= 4 is 45.7 Å². The first-order chi connectivity index (χ1) is 20.3. The third-order valence-corrected chi connectivity index (χ3v) is 6.65. The number of nitrogens with zero attached hydrogens (tertiary/aromatic N) is 6. The van der Waals surface area contributed by atoms with Gasteiger partial charge in [0.25, 0.3) is 0 Å². The van der Waals surface area contributed by atoms with Gasteiger partial charge in [0.05, 0.1) is 22.8 Å². The predicted octanol–water partition coefficient (Wildman–Crippen LogP) is 6.04. The molecule has 0 fully saturated rings. The number of carbonyl (C=O) groups excluding carboxylic acids is 2. The number of benzene rings is 2. The van der Waals surface area contributed by atoms with Crippen molar-refractivity contribution in [1.29, 1.82) is 0 Å². The topological polar surface area (TPSA) is 91.1 Å². The normalized spacial score (nSPS) is 14.8. The number of hydrogen-bond acceptors (Lipinski definition) is 8. The van der Waals surface area contributed by atoms with E-state index in [4.69, 9.17) is 0 Å². The van der Waals surface area contributed by atoms with Crippen molar-refractivity contribution in [2.24, 2.45) is 9.98 Å². The van der Waals surface area contributed by atoms with Gasteiger partial charge in [0.15, 0.2) is 0 Å². The molecule has 2 aliphatic rings. The Kier molecular flexibility index (Phi) is 9.91. The van der Waals surface area contributed by atoms with Crippen LogP contribution in [0.25, 0.3) is 0 Å². The van der Waals surface area contributed by atoms with Crippen LogP contribution in [-0.2, 0) is 16.5 Å². The molecule has 216 valence electrons. The minimum atomic E-state index is -0.0764. The zero-order chi connectivity index (χ0) is 29.6. The molecule has 0 amide bonds. The van der Waals surface area contributed by atoms with Crippen LogP contribution in [0, 0.1) is 0 Å². The molecule has 0 saturated heterocycles. The first-order valence-corrected chi connectivity index (χ1v) is 13.4. The van der Waals surface area contributed by atoms with Crippen molar-refractivity contribution < 1.29 is 26.1 Å². The number of aliphatic imine (C=N–C) groups is 2. The molecule has 9 heteroatoms. The van der Waals surface area contributed by atoms with Gasteiger partial charge in [-0.05, 0) is 97.1 Å². The van der Waals surface area contributed by atoms with Crippen molar-refractivity contribution in [2.45, 2.75) is 0 Å². The molecule has 2 heterocycles. The van der Waals surface area contributed by atoms with E-state index < -0.39 is 0 Å². The summed E-state index contributed by atoms with van der Waals surface area (Å²) in [7, 11) is 7.99. The van der Waals surface area contributed by atoms with Crippen molar-refractivity contribution in [3.05, 3.63) is 132 Å². The van der Waals surface area contributed by atoms with Gasteiger partial charge in [-0.25, -0.2) is 9.98 Å². The van der Waals surface area contributed by atoms with Gasteiger partial charge < -0.3 is 9.80 Å². The Bertz CT molecular complexity index is 1620. The first kappa shape index (κ1) is 30.9. The molecule has 2 aromatic carbocycles. The molecule has 0 atom stereocenters. The van der Waals surface area contributed by atoms with Gasteiger partial charge in [-0.2, -0.15) is 0 Å². The fourth-order valence-corrected chi connectivity index (χ4v) is 4.39. The van der Waals surface area contributed by atoms with Crippen molar-refractivity contribution in [2.75, 3.05) is 38.0 Å². The van der Waals surface area contributed by atoms with Crippen molar-refractivity contribution in [1.82, 2.24) is 9.97 Å². The molecule has 0 N–H and O–H groups in total. The molecule has 0 saturated carbocycles. The van der Waals surface area contributed by atoms with Crippen molar-refractivity contribution in [3.63, 3.8) is 0 Å². The molecule has 2 aromatic heterocycles. The summed E-state index contributed by atoms with van der Waals surface area (Å²) in [6, 6.07) is 23.3. The molecule has 43 heavy (non-hydrogen) atoms. The number of anilines is 2. The van der Waals surface area contributed by atoms with Crippen LogP contribution in [0.4, 0.5) is 22.7 Å². The zero-order valence-electron chi connectivity index (χ0n) is 24.2. The maximum atomic E-state index is 11.8. The third-order valence-electron chi connectivity index (χ3n) is 6.65. The summed E-state index contributed by atoms with van der Waals surface area (Å²) in [6.07, 6.45) is 9.77. The van der Waals surface area contributed by atoms with Gasteiger partial charge in [-0.1, -0.05) is 0 Å². The van der Waals surface area contributed by atoms with Crippen LogP contribution in [0.2, 0.25) is 0 Å². The third kappa shape index (κ3) is 7.26. The quantitative estimate of drug-likeness (QED) is 0.261. The average Bonchev–Trinajstić information content (AvgIpc) is 3.01. The monoisotopic (exact) mass is 612 g/mol. The van der Waals surface area contributed by atoms with Crippen LogP contribution in [0.3, 0.4) is 0 Å². The predicted molar refractivity (Wildman–Crippen MR) is 169 cm³/mol. The summed E-state index contributed by atoms with van der Waals surface area (Å²) in [5.41, 5.74) is 7.95. The number of hydrogen-bond donors (Lipinski definition) is 0. The second-order valence-corrected chi connectivity index (χ2v) is 10.0. The smallest absolute Gasteiger partial charge is 0.378 e. The Morgan fingerprint density at radius 1 is 0.535 bits per heavy atom. The van der Waals surface area contributed by atoms with Crippen LogP contribution >= 0.6 is 0 Å². The SMILES string of the molecule is CN(C)c1ccc(N=C2C=CC(=O)c3ncccc32)cc1.CN(C)c1ccc(N=C2C=CC(=O)c3ncccc32)cc1.[Ni+2]. The largest absolute Gasteiger partial charge is 2.00 e. The zero-order valence-corrected chi connectivity index (χ0v) is 25.2. The van der Waals surface area contributed by atoms with E-state index in [9.17, 15) is 9.59 Å². The van der Waals surface area contributed by atoms with Gasteiger partial charge in [0.2, 0.25) is 11.6 Å². The Balaban J connectivity index is 0.000000192. The molecule has 2 aliphatic carbocycles. The van der Waals surface area contributed by atoms with Crippen LogP contribution in [0.5, 0.6) is 0 Å². The minimum Gasteiger partial charge on any atom is -0.378 e. The average molecular weight is 613 g/mol.